The summed E-state index contributed by atoms with van der Waals surface area (Å²) in [6.07, 6.45) is 1.59. The van der Waals surface area contributed by atoms with Gasteiger partial charge in [0.2, 0.25) is 5.91 Å². The van der Waals surface area contributed by atoms with Crippen molar-refractivity contribution in [3.05, 3.63) is 21.9 Å². The monoisotopic (exact) mass is 282 g/mol. The number of nitrogens with zero attached hydrogens (tertiary/aromatic N) is 1. The van der Waals surface area contributed by atoms with Gasteiger partial charge in [-0.15, -0.1) is 11.3 Å². The van der Waals surface area contributed by atoms with Crippen molar-refractivity contribution in [1.82, 2.24) is 4.90 Å². The largest absolute Gasteiger partial charge is 0.341 e. The van der Waals surface area contributed by atoms with Crippen LogP contribution < -0.4 is 5.73 Å². The van der Waals surface area contributed by atoms with Crippen LogP contribution in [-0.2, 0) is 11.3 Å². The standard InChI is InChI=1S/C15H26N2OS/c1-11(2)7-13(9-16)8-15(18)17(4)10-14-12(3)5-6-19-14/h5-6,11,13H,7-10,16H2,1-4H3. The first-order chi connectivity index (χ1) is 8.93. The maximum absolute atomic E-state index is 12.2. The Morgan fingerprint density at radius 2 is 2.16 bits per heavy atom. The molecule has 0 aromatic carbocycles. The van der Waals surface area contributed by atoms with Crippen LogP contribution in [0, 0.1) is 18.8 Å². The van der Waals surface area contributed by atoms with Crippen molar-refractivity contribution in [2.24, 2.45) is 17.6 Å². The van der Waals surface area contributed by atoms with Gasteiger partial charge in [-0.25, -0.2) is 0 Å². The molecule has 1 rings (SSSR count). The second kappa shape index (κ2) is 7.65. The molecule has 1 amide bonds. The second-order valence-electron chi connectivity index (χ2n) is 5.71. The highest BCUT2D eigenvalue weighted by Crippen LogP contribution is 2.19. The van der Waals surface area contributed by atoms with Crippen molar-refractivity contribution >= 4 is 17.2 Å². The Hall–Kier alpha value is -0.870. The molecule has 0 fully saturated rings. The number of thiophene rings is 1. The van der Waals surface area contributed by atoms with E-state index in [0.717, 1.165) is 6.42 Å². The van der Waals surface area contributed by atoms with Crippen molar-refractivity contribution in [1.29, 1.82) is 0 Å². The van der Waals surface area contributed by atoms with Gasteiger partial charge < -0.3 is 10.6 Å². The molecule has 0 bridgehead atoms. The van der Waals surface area contributed by atoms with E-state index in [0.29, 0.717) is 31.3 Å². The maximum atomic E-state index is 12.2. The number of nitrogens with two attached hydrogens (primary N) is 1. The van der Waals surface area contributed by atoms with Crippen LogP contribution >= 0.6 is 11.3 Å². The molecule has 1 heterocycles. The fraction of sp³-hybridized carbons (Fsp3) is 0.667. The molecule has 3 nitrogen and oxygen atoms in total. The van der Waals surface area contributed by atoms with Crippen LogP contribution in [0.3, 0.4) is 0 Å². The lowest BCUT2D eigenvalue weighted by Crippen LogP contribution is -2.30. The topological polar surface area (TPSA) is 46.3 Å². The van der Waals surface area contributed by atoms with E-state index in [1.165, 1.54) is 10.4 Å². The molecule has 0 radical (unpaired) electrons. The molecule has 1 unspecified atom stereocenters. The molecular weight excluding hydrogens is 256 g/mol. The summed E-state index contributed by atoms with van der Waals surface area (Å²) in [7, 11) is 1.88. The summed E-state index contributed by atoms with van der Waals surface area (Å²) in [6, 6.07) is 2.10. The van der Waals surface area contributed by atoms with E-state index in [9.17, 15) is 4.79 Å². The fourth-order valence-corrected chi connectivity index (χ4v) is 3.16. The quantitative estimate of drug-likeness (QED) is 0.835. The number of rotatable bonds is 7. The molecule has 0 aliphatic rings. The predicted molar refractivity (Wildman–Crippen MR) is 82.1 cm³/mol. The van der Waals surface area contributed by atoms with Gasteiger partial charge in [0, 0.05) is 18.3 Å². The molecule has 1 aromatic heterocycles. The average molecular weight is 282 g/mol. The Morgan fingerprint density at radius 1 is 1.47 bits per heavy atom. The van der Waals surface area contributed by atoms with Crippen LogP contribution in [0.1, 0.15) is 37.1 Å². The second-order valence-corrected chi connectivity index (χ2v) is 6.71. The van der Waals surface area contributed by atoms with Crippen molar-refractivity contribution < 1.29 is 4.79 Å². The lowest BCUT2D eigenvalue weighted by molar-refractivity contribution is -0.131. The molecule has 0 aliphatic heterocycles. The molecule has 0 spiro atoms. The van der Waals surface area contributed by atoms with Gasteiger partial charge in [0.25, 0.3) is 0 Å². The first kappa shape index (κ1) is 16.2. The van der Waals surface area contributed by atoms with Crippen LogP contribution in [0.5, 0.6) is 0 Å². The van der Waals surface area contributed by atoms with Crippen LogP contribution in [0.25, 0.3) is 0 Å². The molecule has 0 saturated carbocycles. The van der Waals surface area contributed by atoms with E-state index in [1.54, 1.807) is 11.3 Å². The summed E-state index contributed by atoms with van der Waals surface area (Å²) in [5.74, 6) is 1.09. The van der Waals surface area contributed by atoms with Crippen molar-refractivity contribution in [2.75, 3.05) is 13.6 Å². The normalized spacial score (nSPS) is 12.7. The summed E-state index contributed by atoms with van der Waals surface area (Å²) < 4.78 is 0. The summed E-state index contributed by atoms with van der Waals surface area (Å²) in [4.78, 5) is 15.3. The van der Waals surface area contributed by atoms with Crippen LogP contribution in [0.4, 0.5) is 0 Å². The lowest BCUT2D eigenvalue weighted by atomic mass is 9.94. The number of aryl methyl sites for hydroxylation is 1. The zero-order chi connectivity index (χ0) is 14.4. The Kier molecular flexibility index (Phi) is 6.52. The fourth-order valence-electron chi connectivity index (χ4n) is 2.20. The Labute approximate surface area is 120 Å². The highest BCUT2D eigenvalue weighted by Gasteiger charge is 2.17. The van der Waals surface area contributed by atoms with Crippen molar-refractivity contribution in [3.8, 4) is 0 Å². The summed E-state index contributed by atoms with van der Waals surface area (Å²) >= 11 is 1.71. The average Bonchev–Trinajstić information content (AvgIpc) is 2.73. The van der Waals surface area contributed by atoms with E-state index in [1.807, 2.05) is 11.9 Å². The molecule has 4 heteroatoms. The minimum atomic E-state index is 0.198. The minimum Gasteiger partial charge on any atom is -0.341 e. The molecule has 19 heavy (non-hydrogen) atoms. The molecule has 1 aromatic rings. The molecule has 2 N–H and O–H groups in total. The van der Waals surface area contributed by atoms with Gasteiger partial charge >= 0.3 is 0 Å². The maximum Gasteiger partial charge on any atom is 0.222 e. The highest BCUT2D eigenvalue weighted by molar-refractivity contribution is 7.10. The zero-order valence-corrected chi connectivity index (χ0v) is 13.3. The van der Waals surface area contributed by atoms with E-state index in [2.05, 4.69) is 32.2 Å². The number of carbonyl (C=O) groups excluding carboxylic acids is 1. The third-order valence-corrected chi connectivity index (χ3v) is 4.38. The van der Waals surface area contributed by atoms with Gasteiger partial charge in [0.1, 0.15) is 0 Å². The predicted octanol–water partition coefficient (Wildman–Crippen LogP) is 3.03. The molecule has 0 saturated heterocycles. The van der Waals surface area contributed by atoms with Gasteiger partial charge in [-0.1, -0.05) is 13.8 Å². The smallest absolute Gasteiger partial charge is 0.222 e. The summed E-state index contributed by atoms with van der Waals surface area (Å²) in [5, 5.41) is 2.07. The third kappa shape index (κ3) is 5.33. The summed E-state index contributed by atoms with van der Waals surface area (Å²) in [5.41, 5.74) is 7.03. The van der Waals surface area contributed by atoms with Gasteiger partial charge in [-0.2, -0.15) is 0 Å². The van der Waals surface area contributed by atoms with E-state index in [4.69, 9.17) is 5.73 Å². The number of hydrogen-bond acceptors (Lipinski definition) is 3. The van der Waals surface area contributed by atoms with E-state index < -0.39 is 0 Å². The van der Waals surface area contributed by atoms with E-state index in [-0.39, 0.29) is 5.91 Å². The molecule has 0 aliphatic carbocycles. The SMILES string of the molecule is Cc1ccsc1CN(C)C(=O)CC(CN)CC(C)C. The molecule has 1 atom stereocenters. The lowest BCUT2D eigenvalue weighted by Gasteiger charge is -2.21. The number of amides is 1. The highest BCUT2D eigenvalue weighted by atomic mass is 32.1. The van der Waals surface area contributed by atoms with Crippen LogP contribution in [0.15, 0.2) is 11.4 Å². The number of carbonyl (C=O) groups is 1. The third-order valence-electron chi connectivity index (χ3n) is 3.38. The van der Waals surface area contributed by atoms with Crippen molar-refractivity contribution in [2.45, 2.75) is 40.2 Å². The van der Waals surface area contributed by atoms with Gasteiger partial charge in [0.15, 0.2) is 0 Å². The van der Waals surface area contributed by atoms with Gasteiger partial charge in [-0.3, -0.25) is 4.79 Å². The number of hydrogen-bond donors (Lipinski definition) is 1. The first-order valence-corrected chi connectivity index (χ1v) is 7.79. The Bertz CT molecular complexity index is 401. The van der Waals surface area contributed by atoms with Crippen LogP contribution in [-0.4, -0.2) is 24.4 Å². The van der Waals surface area contributed by atoms with Gasteiger partial charge in [0.05, 0.1) is 6.54 Å². The summed E-state index contributed by atoms with van der Waals surface area (Å²) in [6.45, 7) is 7.74. The molecular formula is C15H26N2OS. The van der Waals surface area contributed by atoms with Crippen LogP contribution in [0.2, 0.25) is 0 Å². The zero-order valence-electron chi connectivity index (χ0n) is 12.5. The van der Waals surface area contributed by atoms with Gasteiger partial charge in [-0.05, 0) is 48.7 Å². The first-order valence-electron chi connectivity index (χ1n) is 6.91. The van der Waals surface area contributed by atoms with E-state index >= 15 is 0 Å². The molecule has 108 valence electrons. The Balaban J connectivity index is 2.50. The Morgan fingerprint density at radius 3 is 2.63 bits per heavy atom. The van der Waals surface area contributed by atoms with Crippen molar-refractivity contribution in [3.63, 3.8) is 0 Å². The minimum absolute atomic E-state index is 0.198.